The van der Waals surface area contributed by atoms with E-state index >= 15 is 0 Å². The van der Waals surface area contributed by atoms with E-state index in [0.717, 1.165) is 31.7 Å². The van der Waals surface area contributed by atoms with Gasteiger partial charge >= 0.3 is 0 Å². The molecule has 1 aromatic heterocycles. The summed E-state index contributed by atoms with van der Waals surface area (Å²) in [4.78, 5) is 3.65. The van der Waals surface area contributed by atoms with Crippen LogP contribution in [0.25, 0.3) is 0 Å². The highest BCUT2D eigenvalue weighted by atomic mass is 35.5. The summed E-state index contributed by atoms with van der Waals surface area (Å²) < 4.78 is 49.7. The van der Waals surface area contributed by atoms with Crippen molar-refractivity contribution in [3.63, 3.8) is 0 Å². The molecule has 1 aromatic rings. The molecule has 1 aliphatic rings. The summed E-state index contributed by atoms with van der Waals surface area (Å²) in [5.74, 6) is 0. The minimum Gasteiger partial charge on any atom is -0.328 e. The smallest absolute Gasteiger partial charge is 0.242 e. The summed E-state index contributed by atoms with van der Waals surface area (Å²) in [5, 5.41) is -0.152. The van der Waals surface area contributed by atoms with Crippen LogP contribution in [0.1, 0.15) is 25.7 Å². The zero-order chi connectivity index (χ0) is 15.7. The Morgan fingerprint density at radius 1 is 1.23 bits per heavy atom. The highest BCUT2D eigenvalue weighted by Crippen LogP contribution is 2.19. The summed E-state index contributed by atoms with van der Waals surface area (Å²) in [6.45, 7) is 0. The fraction of sp³-hybridized carbons (Fsp3) is 0.583. The number of hydrogen-bond acceptors (Lipinski definition) is 6. The maximum absolute atomic E-state index is 12.2. The Labute approximate surface area is 137 Å². The van der Waals surface area contributed by atoms with E-state index in [-0.39, 0.29) is 34.4 Å². The molecule has 126 valence electrons. The fourth-order valence-electron chi connectivity index (χ4n) is 2.37. The number of halogens is 1. The van der Waals surface area contributed by atoms with Crippen molar-refractivity contribution in [1.29, 1.82) is 0 Å². The lowest BCUT2D eigenvalue weighted by Gasteiger charge is -2.27. The van der Waals surface area contributed by atoms with Gasteiger partial charge in [-0.15, -0.1) is 12.4 Å². The molecule has 2 atom stereocenters. The van der Waals surface area contributed by atoms with Gasteiger partial charge in [0.15, 0.2) is 14.9 Å². The largest absolute Gasteiger partial charge is 0.328 e. The zero-order valence-electron chi connectivity index (χ0n) is 12.1. The average Bonchev–Trinajstić information content (AvgIpc) is 2.37. The fourth-order valence-corrected chi connectivity index (χ4v) is 4.15. The van der Waals surface area contributed by atoms with Crippen molar-refractivity contribution in [1.82, 2.24) is 9.71 Å². The first-order chi connectivity index (χ1) is 9.68. The lowest BCUT2D eigenvalue weighted by Crippen LogP contribution is -2.42. The molecule has 0 radical (unpaired) electrons. The Kier molecular flexibility index (Phi) is 6.34. The van der Waals surface area contributed by atoms with Crippen LogP contribution in [0, 0.1) is 0 Å². The van der Waals surface area contributed by atoms with Crippen molar-refractivity contribution in [2.75, 3.05) is 6.26 Å². The normalized spacial score (nSPS) is 22.8. The summed E-state index contributed by atoms with van der Waals surface area (Å²) in [7, 11) is -7.15. The summed E-state index contributed by atoms with van der Waals surface area (Å²) >= 11 is 0. The van der Waals surface area contributed by atoms with E-state index in [0.29, 0.717) is 6.42 Å². The molecule has 3 N–H and O–H groups in total. The second kappa shape index (κ2) is 7.22. The van der Waals surface area contributed by atoms with Crippen LogP contribution >= 0.6 is 12.4 Å². The number of nitrogens with one attached hydrogen (secondary N) is 1. The van der Waals surface area contributed by atoms with Gasteiger partial charge in [-0.05, 0) is 31.4 Å². The van der Waals surface area contributed by atoms with Crippen molar-refractivity contribution in [3.8, 4) is 0 Å². The number of nitrogens with zero attached hydrogens (tertiary/aromatic N) is 1. The second-order valence-electron chi connectivity index (χ2n) is 5.35. The Morgan fingerprint density at radius 3 is 2.41 bits per heavy atom. The van der Waals surface area contributed by atoms with E-state index in [4.69, 9.17) is 5.73 Å². The molecule has 0 aromatic carbocycles. The maximum atomic E-state index is 12.2. The first kappa shape index (κ1) is 19.3. The first-order valence-corrected chi connectivity index (χ1v) is 10.00. The molecule has 0 aliphatic heterocycles. The van der Waals surface area contributed by atoms with E-state index in [2.05, 4.69) is 9.71 Å². The predicted molar refractivity (Wildman–Crippen MR) is 85.1 cm³/mol. The van der Waals surface area contributed by atoms with Crippen LogP contribution in [0.3, 0.4) is 0 Å². The standard InChI is InChI=1S/C12H19N3O4S2.ClH/c1-20(16,17)12-6-5-11(8-14-12)21(18,19)15-10-4-2-3-9(13)7-10;/h5-6,8-10,15H,2-4,7,13H2,1H3;1H. The third-order valence-electron chi connectivity index (χ3n) is 3.44. The van der Waals surface area contributed by atoms with E-state index < -0.39 is 19.9 Å². The number of aromatic nitrogens is 1. The number of rotatable bonds is 4. The molecule has 1 aliphatic carbocycles. The van der Waals surface area contributed by atoms with E-state index in [1.54, 1.807) is 0 Å². The topological polar surface area (TPSA) is 119 Å². The molecular weight excluding hydrogens is 350 g/mol. The molecule has 0 saturated heterocycles. The van der Waals surface area contributed by atoms with Gasteiger partial charge in [-0.2, -0.15) is 0 Å². The van der Waals surface area contributed by atoms with Crippen molar-refractivity contribution in [3.05, 3.63) is 18.3 Å². The molecular formula is C12H20ClN3O4S2. The van der Waals surface area contributed by atoms with Crippen LogP contribution in [-0.2, 0) is 19.9 Å². The zero-order valence-corrected chi connectivity index (χ0v) is 14.5. The van der Waals surface area contributed by atoms with Crippen LogP contribution in [0.15, 0.2) is 28.3 Å². The third-order valence-corrected chi connectivity index (χ3v) is 5.94. The number of sulfonamides is 1. The van der Waals surface area contributed by atoms with E-state index in [1.807, 2.05) is 0 Å². The Balaban J connectivity index is 0.00000242. The van der Waals surface area contributed by atoms with Gasteiger partial charge in [0, 0.05) is 24.5 Å². The average molecular weight is 370 g/mol. The van der Waals surface area contributed by atoms with Crippen molar-refractivity contribution < 1.29 is 16.8 Å². The molecule has 10 heteroatoms. The van der Waals surface area contributed by atoms with Crippen molar-refractivity contribution in [2.24, 2.45) is 5.73 Å². The van der Waals surface area contributed by atoms with Crippen LogP contribution in [0.4, 0.5) is 0 Å². The van der Waals surface area contributed by atoms with Gasteiger partial charge in [0.05, 0.1) is 0 Å². The van der Waals surface area contributed by atoms with E-state index in [1.165, 1.54) is 12.1 Å². The van der Waals surface area contributed by atoms with Gasteiger partial charge < -0.3 is 5.73 Å². The van der Waals surface area contributed by atoms with Crippen LogP contribution in [-0.4, -0.2) is 40.2 Å². The van der Waals surface area contributed by atoms with Crippen molar-refractivity contribution >= 4 is 32.3 Å². The molecule has 22 heavy (non-hydrogen) atoms. The third kappa shape index (κ3) is 4.88. The van der Waals surface area contributed by atoms with Gasteiger partial charge in [0.1, 0.15) is 4.90 Å². The minimum atomic E-state index is -3.71. The monoisotopic (exact) mass is 369 g/mol. The highest BCUT2D eigenvalue weighted by Gasteiger charge is 2.25. The molecule has 0 spiro atoms. The van der Waals surface area contributed by atoms with Gasteiger partial charge in [0.25, 0.3) is 0 Å². The Hall–Kier alpha value is -0.740. The lowest BCUT2D eigenvalue weighted by atomic mass is 9.92. The summed E-state index contributed by atoms with van der Waals surface area (Å²) in [6.07, 6.45) is 5.23. The maximum Gasteiger partial charge on any atom is 0.242 e. The van der Waals surface area contributed by atoms with Gasteiger partial charge in [-0.25, -0.2) is 26.5 Å². The minimum absolute atomic E-state index is 0. The molecule has 1 fully saturated rings. The van der Waals surface area contributed by atoms with Crippen molar-refractivity contribution in [2.45, 2.75) is 47.7 Å². The predicted octanol–water partition coefficient (Wildman–Crippen LogP) is 0.455. The SMILES string of the molecule is CS(=O)(=O)c1ccc(S(=O)(=O)NC2CCCC(N)C2)cn1.Cl. The van der Waals surface area contributed by atoms with Crippen LogP contribution in [0.5, 0.6) is 0 Å². The summed E-state index contributed by atoms with van der Waals surface area (Å²) in [5.41, 5.74) is 5.84. The van der Waals surface area contributed by atoms with E-state index in [9.17, 15) is 16.8 Å². The molecule has 1 saturated carbocycles. The number of pyridine rings is 1. The van der Waals surface area contributed by atoms with Gasteiger partial charge in [-0.3, -0.25) is 0 Å². The summed E-state index contributed by atoms with van der Waals surface area (Å²) in [6, 6.07) is 2.26. The number of sulfone groups is 1. The van der Waals surface area contributed by atoms with Crippen LogP contribution in [0.2, 0.25) is 0 Å². The first-order valence-electron chi connectivity index (χ1n) is 6.62. The quantitative estimate of drug-likeness (QED) is 0.795. The molecule has 7 nitrogen and oxygen atoms in total. The lowest BCUT2D eigenvalue weighted by molar-refractivity contribution is 0.371. The Bertz CT molecular complexity index is 704. The second-order valence-corrected chi connectivity index (χ2v) is 9.03. The number of nitrogens with two attached hydrogens (primary N) is 1. The van der Waals surface area contributed by atoms with Gasteiger partial charge in [-0.1, -0.05) is 6.42 Å². The molecule has 0 bridgehead atoms. The number of hydrogen-bond donors (Lipinski definition) is 2. The Morgan fingerprint density at radius 2 is 1.91 bits per heavy atom. The molecule has 2 rings (SSSR count). The molecule has 0 amide bonds. The molecule has 1 heterocycles. The highest BCUT2D eigenvalue weighted by molar-refractivity contribution is 7.90. The molecule has 2 unspecified atom stereocenters. The van der Waals surface area contributed by atoms with Gasteiger partial charge in [0.2, 0.25) is 10.0 Å². The van der Waals surface area contributed by atoms with Crippen LogP contribution < -0.4 is 10.5 Å².